The first-order chi connectivity index (χ1) is 15.4. The highest BCUT2D eigenvalue weighted by molar-refractivity contribution is 6.30. The van der Waals surface area contributed by atoms with E-state index in [0.29, 0.717) is 36.6 Å². The maximum atomic E-state index is 14.9. The number of anilines is 1. The second kappa shape index (κ2) is 7.60. The topological polar surface area (TPSA) is 74.6 Å². The minimum Gasteiger partial charge on any atom is -0.461 e. The number of hydrogen-bond acceptors (Lipinski definition) is 7. The smallest absolute Gasteiger partial charge is 0.319 e. The Hall–Kier alpha value is -1.84. The van der Waals surface area contributed by atoms with Gasteiger partial charge < -0.3 is 14.7 Å². The van der Waals surface area contributed by atoms with Crippen molar-refractivity contribution >= 4 is 28.3 Å². The summed E-state index contributed by atoms with van der Waals surface area (Å²) >= 11 is 5.94. The van der Waals surface area contributed by atoms with Crippen LogP contribution in [0.4, 0.5) is 14.6 Å². The fourth-order valence-corrected chi connectivity index (χ4v) is 6.49. The summed E-state index contributed by atoms with van der Waals surface area (Å²) in [6.07, 6.45) is 4.39. The van der Waals surface area contributed by atoms with E-state index >= 15 is 0 Å². The molecule has 5 heterocycles. The number of aliphatic hydroxyl groups excluding tert-OH is 1. The summed E-state index contributed by atoms with van der Waals surface area (Å²) in [7, 11) is 0. The largest absolute Gasteiger partial charge is 0.461 e. The minimum absolute atomic E-state index is 0.0654. The number of alkyl halides is 1. The Morgan fingerprint density at radius 2 is 2.12 bits per heavy atom. The van der Waals surface area contributed by atoms with Crippen molar-refractivity contribution in [1.82, 2.24) is 19.9 Å². The van der Waals surface area contributed by atoms with E-state index in [4.69, 9.17) is 16.3 Å². The predicted molar refractivity (Wildman–Crippen MR) is 115 cm³/mol. The Bertz CT molecular complexity index is 1060. The fourth-order valence-electron chi connectivity index (χ4n) is 6.36. The van der Waals surface area contributed by atoms with Crippen molar-refractivity contribution in [2.75, 3.05) is 37.7 Å². The van der Waals surface area contributed by atoms with Gasteiger partial charge in [0.2, 0.25) is 0 Å². The highest BCUT2D eigenvalue weighted by atomic mass is 35.5. The number of hydrogen-bond donors (Lipinski definition) is 1. The van der Waals surface area contributed by atoms with Gasteiger partial charge in [-0.15, -0.1) is 0 Å². The third-order valence-electron chi connectivity index (χ3n) is 7.82. The lowest BCUT2D eigenvalue weighted by Crippen LogP contribution is -2.43. The van der Waals surface area contributed by atoms with Crippen LogP contribution in [0.2, 0.25) is 5.15 Å². The molecule has 0 aromatic carbocycles. The Morgan fingerprint density at radius 3 is 2.97 bits per heavy atom. The molecule has 7 nitrogen and oxygen atoms in total. The molecule has 3 aliphatic heterocycles. The van der Waals surface area contributed by atoms with Crippen molar-refractivity contribution in [3.05, 3.63) is 17.2 Å². The highest BCUT2D eigenvalue weighted by Crippen LogP contribution is 2.42. The molecule has 3 saturated heterocycles. The van der Waals surface area contributed by atoms with Crippen molar-refractivity contribution in [2.45, 2.75) is 49.9 Å². The average molecular weight is 466 g/mol. The number of piperidine rings is 1. The lowest BCUT2D eigenvalue weighted by atomic mass is 9.95. The van der Waals surface area contributed by atoms with Crippen LogP contribution in [-0.2, 0) is 0 Å². The molecule has 0 radical (unpaired) electrons. The summed E-state index contributed by atoms with van der Waals surface area (Å²) in [4.78, 5) is 17.2. The predicted octanol–water partition coefficient (Wildman–Crippen LogP) is 2.98. The SMILES string of the molecule is O[C@@H]1C[C@H]2C[C@@H]1CN(c1nc(OC[C@@]34CCCN3C[C@H](F)C4)nc3c(F)c(Cl)ncc13)C2. The number of pyridine rings is 1. The standard InChI is InChI=1S/C22H26ClF2N5O2/c23-19-17(25)18-15(7-26-19)20(29-8-12-4-13(9-29)16(31)5-12)28-21(27-18)32-11-22-2-1-3-30(22)10-14(24)6-22/h7,12-14,16,31H,1-6,8-11H2/t12-,13-,14-,16-,22+/m1/s1. The zero-order valence-corrected chi connectivity index (χ0v) is 18.4. The number of aliphatic hydroxyl groups is 1. The van der Waals surface area contributed by atoms with Gasteiger partial charge in [-0.25, -0.2) is 13.8 Å². The van der Waals surface area contributed by atoms with Crippen molar-refractivity contribution in [3.63, 3.8) is 0 Å². The van der Waals surface area contributed by atoms with Gasteiger partial charge in [0.15, 0.2) is 11.0 Å². The normalized spacial score (nSPS) is 34.4. The van der Waals surface area contributed by atoms with Crippen LogP contribution in [0.3, 0.4) is 0 Å². The molecular weight excluding hydrogens is 440 g/mol. The van der Waals surface area contributed by atoms with Crippen molar-refractivity contribution in [1.29, 1.82) is 0 Å². The summed E-state index contributed by atoms with van der Waals surface area (Å²) < 4.78 is 35.0. The van der Waals surface area contributed by atoms with E-state index in [-0.39, 0.29) is 40.8 Å². The number of halogens is 3. The van der Waals surface area contributed by atoms with E-state index in [1.165, 1.54) is 6.20 Å². The van der Waals surface area contributed by atoms with E-state index in [2.05, 4.69) is 24.8 Å². The van der Waals surface area contributed by atoms with Crippen LogP contribution in [-0.4, -0.2) is 75.6 Å². The molecule has 0 unspecified atom stereocenters. The summed E-state index contributed by atoms with van der Waals surface area (Å²) in [5.74, 6) is 0.378. The van der Waals surface area contributed by atoms with Gasteiger partial charge in [0.25, 0.3) is 0 Å². The van der Waals surface area contributed by atoms with Gasteiger partial charge in [0.1, 0.15) is 24.1 Å². The monoisotopic (exact) mass is 465 g/mol. The number of nitrogens with zero attached hydrogens (tertiary/aromatic N) is 5. The Labute approximate surface area is 189 Å². The van der Waals surface area contributed by atoms with Crippen molar-refractivity contribution < 1.29 is 18.6 Å². The third-order valence-corrected chi connectivity index (χ3v) is 8.08. The van der Waals surface area contributed by atoms with E-state index in [1.54, 1.807) is 0 Å². The van der Waals surface area contributed by atoms with Crippen LogP contribution in [0.1, 0.15) is 32.1 Å². The number of ether oxygens (including phenoxy) is 1. The summed E-state index contributed by atoms with van der Waals surface area (Å²) in [5.41, 5.74) is -0.278. The van der Waals surface area contributed by atoms with Gasteiger partial charge in [-0.2, -0.15) is 9.97 Å². The summed E-state index contributed by atoms with van der Waals surface area (Å²) in [6.45, 7) is 2.92. The molecule has 2 bridgehead atoms. The molecule has 32 heavy (non-hydrogen) atoms. The first-order valence-electron chi connectivity index (χ1n) is 11.4. The van der Waals surface area contributed by atoms with Crippen molar-refractivity contribution in [2.24, 2.45) is 11.8 Å². The second-order valence-electron chi connectivity index (χ2n) is 9.89. The Morgan fingerprint density at radius 1 is 1.25 bits per heavy atom. The Balaban J connectivity index is 1.35. The molecule has 5 atom stereocenters. The molecule has 0 amide bonds. The molecule has 0 spiro atoms. The van der Waals surface area contributed by atoms with Crippen LogP contribution in [0.25, 0.3) is 10.9 Å². The molecule has 10 heteroatoms. The van der Waals surface area contributed by atoms with Crippen LogP contribution in [0, 0.1) is 17.7 Å². The second-order valence-corrected chi connectivity index (χ2v) is 10.2. The molecule has 4 fully saturated rings. The average Bonchev–Trinajstić information content (AvgIpc) is 3.38. The summed E-state index contributed by atoms with van der Waals surface area (Å²) in [5, 5.41) is 10.5. The molecule has 2 aromatic heterocycles. The first-order valence-corrected chi connectivity index (χ1v) is 11.8. The zero-order valence-electron chi connectivity index (χ0n) is 17.7. The zero-order chi connectivity index (χ0) is 22.0. The molecule has 1 N–H and O–H groups in total. The van der Waals surface area contributed by atoms with Crippen LogP contribution in [0.5, 0.6) is 6.01 Å². The minimum atomic E-state index is -0.857. The molecule has 6 rings (SSSR count). The molecule has 1 aliphatic carbocycles. The van der Waals surface area contributed by atoms with E-state index in [9.17, 15) is 13.9 Å². The Kier molecular flexibility index (Phi) is 4.93. The van der Waals surface area contributed by atoms with E-state index in [1.807, 2.05) is 0 Å². The number of aromatic nitrogens is 3. The molecule has 172 valence electrons. The van der Waals surface area contributed by atoms with Crippen molar-refractivity contribution in [3.8, 4) is 6.01 Å². The van der Waals surface area contributed by atoms with Gasteiger partial charge in [-0.1, -0.05) is 11.6 Å². The fraction of sp³-hybridized carbons (Fsp3) is 0.682. The van der Waals surface area contributed by atoms with Gasteiger partial charge in [-0.3, -0.25) is 4.90 Å². The van der Waals surface area contributed by atoms with Gasteiger partial charge in [0, 0.05) is 38.2 Å². The first kappa shape index (κ1) is 20.7. The number of fused-ring (bicyclic) bond motifs is 4. The molecule has 2 aromatic rings. The van der Waals surface area contributed by atoms with E-state index < -0.39 is 12.0 Å². The van der Waals surface area contributed by atoms with Gasteiger partial charge >= 0.3 is 6.01 Å². The van der Waals surface area contributed by atoms with Gasteiger partial charge in [-0.05, 0) is 38.1 Å². The highest BCUT2D eigenvalue weighted by Gasteiger charge is 2.49. The molecule has 4 aliphatic rings. The lowest BCUT2D eigenvalue weighted by Gasteiger charge is -2.34. The van der Waals surface area contributed by atoms with Crippen LogP contribution in [0.15, 0.2) is 6.20 Å². The molecular formula is C22H26ClF2N5O2. The third kappa shape index (κ3) is 3.31. The lowest BCUT2D eigenvalue weighted by molar-refractivity contribution is 0.107. The summed E-state index contributed by atoms with van der Waals surface area (Å²) in [6, 6.07) is 0.0654. The number of rotatable bonds is 4. The molecule has 1 saturated carbocycles. The van der Waals surface area contributed by atoms with Crippen LogP contribution >= 0.6 is 11.6 Å². The van der Waals surface area contributed by atoms with Crippen LogP contribution < -0.4 is 9.64 Å². The maximum Gasteiger partial charge on any atom is 0.319 e. The van der Waals surface area contributed by atoms with E-state index in [0.717, 1.165) is 38.8 Å². The maximum absolute atomic E-state index is 14.9. The quantitative estimate of drug-likeness (QED) is 0.696. The van der Waals surface area contributed by atoms with Gasteiger partial charge in [0.05, 0.1) is 17.0 Å².